The molecule has 2 amide bonds. The van der Waals surface area contributed by atoms with Gasteiger partial charge in [0, 0.05) is 28.9 Å². The minimum absolute atomic E-state index is 0.0585. The molecule has 0 aromatic heterocycles. The Bertz CT molecular complexity index is 892. The molecular weight excluding hydrogens is 451 g/mol. The summed E-state index contributed by atoms with van der Waals surface area (Å²) in [6.07, 6.45) is 1.41. The molecule has 2 aromatic carbocycles. The smallest absolute Gasteiger partial charge is 0.242 e. The Morgan fingerprint density at radius 3 is 2.48 bits per heavy atom. The molecule has 1 N–H and O–H groups in total. The van der Waals surface area contributed by atoms with Gasteiger partial charge in [-0.25, -0.2) is 0 Å². The van der Waals surface area contributed by atoms with Crippen LogP contribution in [-0.4, -0.2) is 35.1 Å². The molecule has 0 fully saturated rings. The number of amides is 2. The number of nitrogens with zero attached hydrogens (tertiary/aromatic N) is 1. The van der Waals surface area contributed by atoms with Crippen LogP contribution in [0.25, 0.3) is 0 Å². The molecule has 2 aromatic rings. The maximum absolute atomic E-state index is 13.2. The average Bonchev–Trinajstić information content (AvgIpc) is 2.74. The summed E-state index contributed by atoms with van der Waals surface area (Å²) < 4.78 is 0. The van der Waals surface area contributed by atoms with Crippen LogP contribution in [0.5, 0.6) is 0 Å². The zero-order valence-electron chi connectivity index (χ0n) is 18.3. The van der Waals surface area contributed by atoms with Crippen molar-refractivity contribution in [2.45, 2.75) is 52.0 Å². The lowest BCUT2D eigenvalue weighted by molar-refractivity contribution is -0.139. The molecule has 0 unspecified atom stereocenters. The molecule has 4 nitrogen and oxygen atoms in total. The Hall–Kier alpha value is -1.69. The summed E-state index contributed by atoms with van der Waals surface area (Å²) in [6.45, 7) is 6.98. The molecule has 7 heteroatoms. The van der Waals surface area contributed by atoms with Crippen LogP contribution in [-0.2, 0) is 21.9 Å². The molecule has 0 heterocycles. The van der Waals surface area contributed by atoms with Crippen LogP contribution >= 0.6 is 35.0 Å². The van der Waals surface area contributed by atoms with E-state index < -0.39 is 6.04 Å². The van der Waals surface area contributed by atoms with Crippen LogP contribution in [0.4, 0.5) is 0 Å². The number of thioether (sulfide) groups is 1. The standard InChI is InChI=1S/C24H30Cl2N2O2S/c1-4-12-27-24(30)22(5-2)28(14-18-9-7-6-8-17(18)3)23(29)16-31-15-19-10-11-20(25)13-21(19)26/h6-11,13,22H,4-5,12,14-16H2,1-3H3,(H,27,30)/t22-/m0/s1. The topological polar surface area (TPSA) is 49.4 Å². The number of hydrogen-bond acceptors (Lipinski definition) is 3. The second-order valence-electron chi connectivity index (χ2n) is 7.39. The molecule has 0 radical (unpaired) electrons. The molecule has 0 aliphatic rings. The van der Waals surface area contributed by atoms with Crippen molar-refractivity contribution in [1.82, 2.24) is 10.2 Å². The van der Waals surface area contributed by atoms with E-state index in [1.54, 1.807) is 17.0 Å². The maximum atomic E-state index is 13.2. The van der Waals surface area contributed by atoms with Gasteiger partial charge in [0.05, 0.1) is 5.75 Å². The number of carbonyl (C=O) groups is 2. The monoisotopic (exact) mass is 480 g/mol. The van der Waals surface area contributed by atoms with Crippen LogP contribution in [0.15, 0.2) is 42.5 Å². The van der Waals surface area contributed by atoms with Gasteiger partial charge in [0.15, 0.2) is 0 Å². The largest absolute Gasteiger partial charge is 0.354 e. The van der Waals surface area contributed by atoms with E-state index >= 15 is 0 Å². The lowest BCUT2D eigenvalue weighted by Crippen LogP contribution is -2.49. The first kappa shape index (κ1) is 25.6. The van der Waals surface area contributed by atoms with Gasteiger partial charge in [0.1, 0.15) is 6.04 Å². The zero-order chi connectivity index (χ0) is 22.8. The molecule has 1 atom stereocenters. The number of benzene rings is 2. The molecule has 0 aliphatic carbocycles. The Morgan fingerprint density at radius 1 is 1.10 bits per heavy atom. The highest BCUT2D eigenvalue weighted by Crippen LogP contribution is 2.25. The van der Waals surface area contributed by atoms with Gasteiger partial charge in [0.2, 0.25) is 11.8 Å². The summed E-state index contributed by atoms with van der Waals surface area (Å²) in [5.74, 6) is 0.704. The summed E-state index contributed by atoms with van der Waals surface area (Å²) in [6, 6.07) is 12.8. The second kappa shape index (κ2) is 13.0. The summed E-state index contributed by atoms with van der Waals surface area (Å²) in [4.78, 5) is 27.7. The van der Waals surface area contributed by atoms with Crippen molar-refractivity contribution < 1.29 is 9.59 Å². The van der Waals surface area contributed by atoms with Crippen molar-refractivity contribution in [2.24, 2.45) is 0 Å². The van der Waals surface area contributed by atoms with E-state index in [4.69, 9.17) is 23.2 Å². The fourth-order valence-corrected chi connectivity index (χ4v) is 4.70. The van der Waals surface area contributed by atoms with E-state index in [9.17, 15) is 9.59 Å². The van der Waals surface area contributed by atoms with Crippen LogP contribution in [0.1, 0.15) is 43.4 Å². The minimum atomic E-state index is -0.502. The third-order valence-electron chi connectivity index (χ3n) is 5.04. The van der Waals surface area contributed by atoms with Gasteiger partial charge in [-0.3, -0.25) is 9.59 Å². The summed E-state index contributed by atoms with van der Waals surface area (Å²) in [5, 5.41) is 4.12. The molecule has 2 rings (SSSR count). The van der Waals surface area contributed by atoms with Crippen LogP contribution in [0.2, 0.25) is 10.0 Å². The Labute approximate surface area is 199 Å². The van der Waals surface area contributed by atoms with E-state index in [1.807, 2.05) is 51.1 Å². The van der Waals surface area contributed by atoms with E-state index in [0.717, 1.165) is 23.1 Å². The van der Waals surface area contributed by atoms with Crippen LogP contribution in [0, 0.1) is 6.92 Å². The van der Waals surface area contributed by atoms with Gasteiger partial charge >= 0.3 is 0 Å². The normalized spacial score (nSPS) is 11.8. The highest BCUT2D eigenvalue weighted by Gasteiger charge is 2.28. The Morgan fingerprint density at radius 2 is 1.84 bits per heavy atom. The second-order valence-corrected chi connectivity index (χ2v) is 9.22. The first-order valence-corrected chi connectivity index (χ1v) is 12.4. The fraction of sp³-hybridized carbons (Fsp3) is 0.417. The molecule has 0 saturated heterocycles. The zero-order valence-corrected chi connectivity index (χ0v) is 20.6. The Kier molecular flexibility index (Phi) is 10.7. The van der Waals surface area contributed by atoms with Crippen molar-refractivity contribution in [2.75, 3.05) is 12.3 Å². The summed E-state index contributed by atoms with van der Waals surface area (Å²) in [7, 11) is 0. The van der Waals surface area contributed by atoms with Gasteiger partial charge in [-0.05, 0) is 48.6 Å². The number of carbonyl (C=O) groups excluding carboxylic acids is 2. The first-order chi connectivity index (χ1) is 14.9. The number of rotatable bonds is 11. The highest BCUT2D eigenvalue weighted by molar-refractivity contribution is 7.99. The molecule has 31 heavy (non-hydrogen) atoms. The molecule has 0 bridgehead atoms. The third-order valence-corrected chi connectivity index (χ3v) is 6.59. The molecule has 0 spiro atoms. The van der Waals surface area contributed by atoms with Gasteiger partial charge in [-0.1, -0.05) is 67.4 Å². The lowest BCUT2D eigenvalue weighted by atomic mass is 10.1. The van der Waals surface area contributed by atoms with E-state index in [-0.39, 0.29) is 17.6 Å². The predicted octanol–water partition coefficient (Wildman–Crippen LogP) is 5.87. The van der Waals surface area contributed by atoms with Gasteiger partial charge in [0.25, 0.3) is 0 Å². The summed E-state index contributed by atoms with van der Waals surface area (Å²) in [5.41, 5.74) is 3.08. The van der Waals surface area contributed by atoms with Crippen LogP contribution in [0.3, 0.4) is 0 Å². The quantitative estimate of drug-likeness (QED) is 0.437. The Balaban J connectivity index is 2.14. The maximum Gasteiger partial charge on any atom is 0.242 e. The van der Waals surface area contributed by atoms with Gasteiger partial charge in [-0.15, -0.1) is 11.8 Å². The molecule has 0 aliphatic heterocycles. The first-order valence-electron chi connectivity index (χ1n) is 10.5. The molecular formula is C24H30Cl2N2O2S. The van der Waals surface area contributed by atoms with Crippen molar-refractivity contribution in [3.05, 3.63) is 69.2 Å². The average molecular weight is 481 g/mol. The minimum Gasteiger partial charge on any atom is -0.354 e. The number of aryl methyl sites for hydroxylation is 1. The summed E-state index contributed by atoms with van der Waals surface area (Å²) >= 11 is 13.7. The SMILES string of the molecule is CCCNC(=O)[C@H](CC)N(Cc1ccccc1C)C(=O)CSCc1ccc(Cl)cc1Cl. The predicted molar refractivity (Wildman–Crippen MR) is 132 cm³/mol. The van der Waals surface area contributed by atoms with Crippen molar-refractivity contribution >= 4 is 46.8 Å². The van der Waals surface area contributed by atoms with Gasteiger partial charge in [-0.2, -0.15) is 0 Å². The molecule has 0 saturated carbocycles. The fourth-order valence-electron chi connectivity index (χ4n) is 3.23. The third kappa shape index (κ3) is 7.74. The number of hydrogen-bond donors (Lipinski definition) is 1. The number of nitrogens with one attached hydrogen (secondary N) is 1. The van der Waals surface area contributed by atoms with E-state index in [0.29, 0.717) is 35.3 Å². The highest BCUT2D eigenvalue weighted by atomic mass is 35.5. The number of halogens is 2. The van der Waals surface area contributed by atoms with E-state index in [2.05, 4.69) is 5.32 Å². The van der Waals surface area contributed by atoms with Crippen molar-refractivity contribution in [1.29, 1.82) is 0 Å². The van der Waals surface area contributed by atoms with Gasteiger partial charge < -0.3 is 10.2 Å². The van der Waals surface area contributed by atoms with Crippen molar-refractivity contribution in [3.8, 4) is 0 Å². The van der Waals surface area contributed by atoms with E-state index in [1.165, 1.54) is 11.8 Å². The van der Waals surface area contributed by atoms with Crippen LogP contribution < -0.4 is 5.32 Å². The van der Waals surface area contributed by atoms with Crippen molar-refractivity contribution in [3.63, 3.8) is 0 Å². The molecule has 168 valence electrons. The lowest BCUT2D eigenvalue weighted by Gasteiger charge is -2.31.